The molecule has 2 aromatic heterocycles. The predicted molar refractivity (Wildman–Crippen MR) is 115 cm³/mol. The van der Waals surface area contributed by atoms with E-state index in [4.69, 9.17) is 17.3 Å². The van der Waals surface area contributed by atoms with Gasteiger partial charge >= 0.3 is 0 Å². The summed E-state index contributed by atoms with van der Waals surface area (Å²) in [6, 6.07) is 8.03. The molecule has 1 aliphatic heterocycles. The fourth-order valence-electron chi connectivity index (χ4n) is 2.68. The molecule has 0 bridgehead atoms. The van der Waals surface area contributed by atoms with Gasteiger partial charge in [0.2, 0.25) is 0 Å². The number of nitrogens with zero attached hydrogens (tertiary/aromatic N) is 2. The molecule has 6 nitrogen and oxygen atoms in total. The number of benzene rings is 1. The van der Waals surface area contributed by atoms with Crippen molar-refractivity contribution in [1.82, 2.24) is 15.3 Å². The maximum Gasteiger partial charge on any atom is 0.263 e. The lowest BCUT2D eigenvalue weighted by atomic mass is 10.1. The van der Waals surface area contributed by atoms with Crippen LogP contribution in [-0.2, 0) is 4.79 Å². The van der Waals surface area contributed by atoms with Gasteiger partial charge in [0, 0.05) is 16.8 Å². The number of aliphatic hydroxyl groups is 1. The second-order valence-corrected chi connectivity index (χ2v) is 8.36. The predicted octanol–water partition coefficient (Wildman–Crippen LogP) is 3.25. The first kappa shape index (κ1) is 18.1. The molecular formula is C18H14N4O2S3. The van der Waals surface area contributed by atoms with Crippen LogP contribution >= 0.6 is 35.3 Å². The number of rotatable bonds is 5. The van der Waals surface area contributed by atoms with E-state index in [0.717, 1.165) is 26.9 Å². The molecule has 0 aliphatic carbocycles. The molecule has 3 N–H and O–H groups in total. The zero-order chi connectivity index (χ0) is 18.8. The first-order valence-corrected chi connectivity index (χ1v) is 10.2. The number of thiocarbonyl (C=S) groups is 1. The highest BCUT2D eigenvalue weighted by Gasteiger charge is 2.22. The molecule has 9 heteroatoms. The lowest BCUT2D eigenvalue weighted by molar-refractivity contribution is -0.115. The molecule has 27 heavy (non-hydrogen) atoms. The lowest BCUT2D eigenvalue weighted by Gasteiger charge is -2.08. The lowest BCUT2D eigenvalue weighted by Crippen LogP contribution is -2.17. The highest BCUT2D eigenvalue weighted by Crippen LogP contribution is 2.33. The Morgan fingerprint density at radius 3 is 2.93 bits per heavy atom. The quantitative estimate of drug-likeness (QED) is 0.436. The van der Waals surface area contributed by atoms with Crippen LogP contribution in [0.3, 0.4) is 0 Å². The number of thioether (sulfide) groups is 1. The van der Waals surface area contributed by atoms with E-state index in [1.165, 1.54) is 18.1 Å². The Kier molecular flexibility index (Phi) is 5.17. The van der Waals surface area contributed by atoms with Gasteiger partial charge in [-0.1, -0.05) is 30.0 Å². The van der Waals surface area contributed by atoms with Crippen molar-refractivity contribution in [3.63, 3.8) is 0 Å². The Morgan fingerprint density at radius 1 is 1.26 bits per heavy atom. The van der Waals surface area contributed by atoms with Crippen LogP contribution < -0.4 is 10.6 Å². The molecule has 3 aromatic rings. The molecule has 1 aromatic carbocycles. The van der Waals surface area contributed by atoms with E-state index in [1.807, 2.05) is 35.7 Å². The second kappa shape index (κ2) is 7.73. The normalized spacial score (nSPS) is 15.5. The van der Waals surface area contributed by atoms with Crippen LogP contribution in [-0.4, -0.2) is 38.5 Å². The highest BCUT2D eigenvalue weighted by molar-refractivity contribution is 8.26. The Morgan fingerprint density at radius 2 is 2.15 bits per heavy atom. The number of carbonyl (C=O) groups excluding carboxylic acids is 1. The van der Waals surface area contributed by atoms with E-state index >= 15 is 0 Å². The van der Waals surface area contributed by atoms with Gasteiger partial charge in [0.05, 0.1) is 17.0 Å². The van der Waals surface area contributed by atoms with Crippen LogP contribution in [0.5, 0.6) is 0 Å². The monoisotopic (exact) mass is 414 g/mol. The zero-order valence-electron chi connectivity index (χ0n) is 13.9. The second-order valence-electron chi connectivity index (χ2n) is 5.69. The van der Waals surface area contributed by atoms with Crippen LogP contribution in [0.25, 0.3) is 28.1 Å². The molecule has 0 unspecified atom stereocenters. The number of nitrogens with one attached hydrogen (secondary N) is 2. The maximum absolute atomic E-state index is 11.8. The van der Waals surface area contributed by atoms with Crippen molar-refractivity contribution in [2.24, 2.45) is 0 Å². The number of fused-ring (bicyclic) bond motifs is 1. The number of hydrogen-bond acceptors (Lipinski definition) is 8. The minimum atomic E-state index is -0.151. The summed E-state index contributed by atoms with van der Waals surface area (Å²) in [5.41, 5.74) is 2.92. The van der Waals surface area contributed by atoms with E-state index < -0.39 is 0 Å². The average molecular weight is 415 g/mol. The minimum Gasteiger partial charge on any atom is -0.395 e. The van der Waals surface area contributed by atoms with E-state index in [9.17, 15) is 4.79 Å². The van der Waals surface area contributed by atoms with Crippen LogP contribution in [0, 0.1) is 0 Å². The van der Waals surface area contributed by atoms with Crippen LogP contribution in [0.4, 0.5) is 5.82 Å². The van der Waals surface area contributed by atoms with Crippen molar-refractivity contribution >= 4 is 68.3 Å². The summed E-state index contributed by atoms with van der Waals surface area (Å²) in [6.07, 6.45) is 3.36. The molecule has 0 radical (unpaired) electrons. The number of anilines is 1. The average Bonchev–Trinajstić information content (AvgIpc) is 3.26. The maximum atomic E-state index is 11.8. The topological polar surface area (TPSA) is 87.1 Å². The van der Waals surface area contributed by atoms with Gasteiger partial charge in [-0.25, -0.2) is 9.97 Å². The van der Waals surface area contributed by atoms with Crippen molar-refractivity contribution in [1.29, 1.82) is 0 Å². The summed E-state index contributed by atoms with van der Waals surface area (Å²) < 4.78 is 0.487. The molecular weight excluding hydrogens is 400 g/mol. The van der Waals surface area contributed by atoms with E-state index in [0.29, 0.717) is 21.6 Å². The van der Waals surface area contributed by atoms with Gasteiger partial charge in [-0.15, -0.1) is 11.3 Å². The van der Waals surface area contributed by atoms with Crippen molar-refractivity contribution in [2.45, 2.75) is 0 Å². The molecule has 1 amide bonds. The van der Waals surface area contributed by atoms with Gasteiger partial charge in [0.25, 0.3) is 5.91 Å². The van der Waals surface area contributed by atoms with Gasteiger partial charge in [-0.05, 0) is 40.8 Å². The molecule has 0 saturated carbocycles. The molecule has 1 saturated heterocycles. The van der Waals surface area contributed by atoms with Crippen molar-refractivity contribution in [2.75, 3.05) is 18.5 Å². The highest BCUT2D eigenvalue weighted by atomic mass is 32.2. The SMILES string of the molecule is O=C1NC(=S)SC1=Cc1cc(-c2ccc3ncnc(NCCO)c3c2)cs1. The first-order chi connectivity index (χ1) is 13.1. The molecule has 0 spiro atoms. The van der Waals surface area contributed by atoms with Crippen molar-refractivity contribution in [3.05, 3.63) is 45.8 Å². The minimum absolute atomic E-state index is 0.0305. The summed E-state index contributed by atoms with van der Waals surface area (Å²) >= 11 is 7.86. The van der Waals surface area contributed by atoms with Crippen LogP contribution in [0.15, 0.2) is 40.9 Å². The summed E-state index contributed by atoms with van der Waals surface area (Å²) in [5, 5.41) is 17.7. The number of aromatic nitrogens is 2. The Labute approximate surface area is 168 Å². The van der Waals surface area contributed by atoms with Gasteiger partial charge in [0.15, 0.2) is 0 Å². The van der Waals surface area contributed by atoms with Crippen LogP contribution in [0.2, 0.25) is 0 Å². The fraction of sp³-hybridized carbons (Fsp3) is 0.111. The third kappa shape index (κ3) is 3.86. The molecule has 3 heterocycles. The standard InChI is InChI=1S/C18H14N4O2S3/c23-4-3-19-16-13-6-10(1-2-14(13)20-9-21-16)11-5-12(26-8-11)7-15-17(24)22-18(25)27-15/h1-2,5-9,23H,3-4H2,(H,19,20,21)(H,22,24,25). The number of thiophene rings is 1. The number of hydrogen-bond donors (Lipinski definition) is 3. The van der Waals surface area contributed by atoms with Gasteiger partial charge in [-0.3, -0.25) is 4.79 Å². The molecule has 4 rings (SSSR count). The third-order valence-corrected chi connectivity index (χ3v) is 5.95. The third-order valence-electron chi connectivity index (χ3n) is 3.91. The summed E-state index contributed by atoms with van der Waals surface area (Å²) in [5.74, 6) is 0.545. The van der Waals surface area contributed by atoms with Gasteiger partial charge in [0.1, 0.15) is 16.5 Å². The smallest absolute Gasteiger partial charge is 0.263 e. The van der Waals surface area contributed by atoms with Crippen LogP contribution in [0.1, 0.15) is 4.88 Å². The van der Waals surface area contributed by atoms with E-state index in [-0.39, 0.29) is 12.5 Å². The summed E-state index contributed by atoms with van der Waals surface area (Å²) in [4.78, 5) is 22.0. The van der Waals surface area contributed by atoms with Crippen molar-refractivity contribution < 1.29 is 9.90 Å². The van der Waals surface area contributed by atoms with Gasteiger partial charge in [-0.2, -0.15) is 0 Å². The van der Waals surface area contributed by atoms with Crippen molar-refractivity contribution in [3.8, 4) is 11.1 Å². The summed E-state index contributed by atoms with van der Waals surface area (Å²) in [6.45, 7) is 0.455. The summed E-state index contributed by atoms with van der Waals surface area (Å²) in [7, 11) is 0. The fourth-order valence-corrected chi connectivity index (χ4v) is 4.64. The Bertz CT molecular complexity index is 1080. The molecule has 1 aliphatic rings. The number of carbonyl (C=O) groups is 1. The molecule has 1 fully saturated rings. The Balaban J connectivity index is 1.67. The first-order valence-electron chi connectivity index (χ1n) is 8.07. The van der Waals surface area contributed by atoms with E-state index in [2.05, 4.69) is 20.6 Å². The van der Waals surface area contributed by atoms with Gasteiger partial charge < -0.3 is 15.7 Å². The molecule has 0 atom stereocenters. The van der Waals surface area contributed by atoms with E-state index in [1.54, 1.807) is 11.3 Å². The number of amides is 1. The molecule has 136 valence electrons. The largest absolute Gasteiger partial charge is 0.395 e. The zero-order valence-corrected chi connectivity index (χ0v) is 16.4. The number of aliphatic hydroxyl groups excluding tert-OH is 1. The Hall–Kier alpha value is -2.33.